The van der Waals surface area contributed by atoms with E-state index in [0.717, 1.165) is 5.56 Å². The van der Waals surface area contributed by atoms with Crippen molar-refractivity contribution in [2.24, 2.45) is 5.92 Å². The van der Waals surface area contributed by atoms with Gasteiger partial charge in [0.05, 0.1) is 6.04 Å². The Morgan fingerprint density at radius 2 is 1.74 bits per heavy atom. The number of piperidine rings is 1. The van der Waals surface area contributed by atoms with E-state index in [0.29, 0.717) is 62.8 Å². The maximum atomic E-state index is 13.0. The van der Waals surface area contributed by atoms with Gasteiger partial charge in [-0.1, -0.05) is 12.1 Å². The van der Waals surface area contributed by atoms with Gasteiger partial charge in [0.15, 0.2) is 17.3 Å². The molecule has 2 aliphatic rings. The molecule has 0 bridgehead atoms. The summed E-state index contributed by atoms with van der Waals surface area (Å²) in [5, 5.41) is 2.91. The first-order valence-corrected chi connectivity index (χ1v) is 10.7. The molecule has 7 heteroatoms. The lowest BCUT2D eigenvalue weighted by atomic mass is 9.88. The van der Waals surface area contributed by atoms with E-state index in [1.807, 2.05) is 6.92 Å². The first-order valence-electron chi connectivity index (χ1n) is 10.7. The summed E-state index contributed by atoms with van der Waals surface area (Å²) in [6, 6.07) is 11.2. The average molecular weight is 426 g/mol. The van der Waals surface area contributed by atoms with Crippen LogP contribution >= 0.6 is 0 Å². The standard InChI is InChI=1S/C24H27FN2O4/c1-16(24(29)26-15-17-2-5-20(25)6-3-17)27-10-8-18(9-11-27)23(28)19-4-7-21-22(14-19)31-13-12-30-21/h2-7,14,16,18H,8-13,15H2,1H3,(H,26,29)/t16-/m0/s1. The molecular formula is C24H27FN2O4. The number of hydrogen-bond acceptors (Lipinski definition) is 5. The lowest BCUT2D eigenvalue weighted by Gasteiger charge is -2.34. The topological polar surface area (TPSA) is 67.9 Å². The zero-order chi connectivity index (χ0) is 21.8. The molecule has 0 aromatic heterocycles. The van der Waals surface area contributed by atoms with Gasteiger partial charge in [-0.25, -0.2) is 4.39 Å². The lowest BCUT2D eigenvalue weighted by molar-refractivity contribution is -0.126. The Hall–Kier alpha value is -2.93. The molecule has 2 heterocycles. The molecule has 0 unspecified atom stereocenters. The molecule has 2 aromatic carbocycles. The normalized spacial score (nSPS) is 17.7. The van der Waals surface area contributed by atoms with Crippen LogP contribution in [-0.2, 0) is 11.3 Å². The molecule has 2 aliphatic heterocycles. The van der Waals surface area contributed by atoms with E-state index < -0.39 is 0 Å². The summed E-state index contributed by atoms with van der Waals surface area (Å²) >= 11 is 0. The number of Topliss-reactive ketones (excluding diaryl/α,β-unsaturated/α-hetero) is 1. The van der Waals surface area contributed by atoms with Gasteiger partial charge < -0.3 is 14.8 Å². The number of benzene rings is 2. The van der Waals surface area contributed by atoms with Gasteiger partial charge in [-0.15, -0.1) is 0 Å². The largest absolute Gasteiger partial charge is 0.486 e. The van der Waals surface area contributed by atoms with Crippen LogP contribution in [0.2, 0.25) is 0 Å². The molecule has 1 atom stereocenters. The Morgan fingerprint density at radius 3 is 2.45 bits per heavy atom. The fourth-order valence-corrected chi connectivity index (χ4v) is 4.09. The number of hydrogen-bond donors (Lipinski definition) is 1. The van der Waals surface area contributed by atoms with Crippen molar-refractivity contribution in [1.29, 1.82) is 0 Å². The zero-order valence-corrected chi connectivity index (χ0v) is 17.6. The van der Waals surface area contributed by atoms with Crippen molar-refractivity contribution in [3.8, 4) is 11.5 Å². The second-order valence-electron chi connectivity index (χ2n) is 8.05. The molecule has 0 aliphatic carbocycles. The Labute approximate surface area is 181 Å². The van der Waals surface area contributed by atoms with Crippen molar-refractivity contribution >= 4 is 11.7 Å². The van der Waals surface area contributed by atoms with Crippen molar-refractivity contribution in [2.45, 2.75) is 32.4 Å². The first-order chi connectivity index (χ1) is 15.0. The summed E-state index contributed by atoms with van der Waals surface area (Å²) in [4.78, 5) is 27.6. The number of ether oxygens (including phenoxy) is 2. The lowest BCUT2D eigenvalue weighted by Crippen LogP contribution is -2.48. The zero-order valence-electron chi connectivity index (χ0n) is 17.6. The van der Waals surface area contributed by atoms with E-state index >= 15 is 0 Å². The van der Waals surface area contributed by atoms with Crippen molar-refractivity contribution < 1.29 is 23.5 Å². The summed E-state index contributed by atoms with van der Waals surface area (Å²) in [5.41, 5.74) is 1.50. The summed E-state index contributed by atoms with van der Waals surface area (Å²) in [6.45, 7) is 4.63. The van der Waals surface area contributed by atoms with E-state index in [4.69, 9.17) is 9.47 Å². The van der Waals surface area contributed by atoms with Crippen LogP contribution in [0.3, 0.4) is 0 Å². The van der Waals surface area contributed by atoms with E-state index in [1.54, 1.807) is 30.3 Å². The van der Waals surface area contributed by atoms with Gasteiger partial charge in [-0.3, -0.25) is 14.5 Å². The molecule has 164 valence electrons. The van der Waals surface area contributed by atoms with Crippen LogP contribution in [0.4, 0.5) is 4.39 Å². The number of likely N-dealkylation sites (tertiary alicyclic amines) is 1. The average Bonchev–Trinajstić information content (AvgIpc) is 2.82. The number of ketones is 1. The Morgan fingerprint density at radius 1 is 1.06 bits per heavy atom. The van der Waals surface area contributed by atoms with Crippen LogP contribution in [-0.4, -0.2) is 48.9 Å². The highest BCUT2D eigenvalue weighted by molar-refractivity contribution is 5.98. The Balaban J connectivity index is 1.28. The Kier molecular flexibility index (Phi) is 6.51. The second kappa shape index (κ2) is 9.47. The smallest absolute Gasteiger partial charge is 0.237 e. The van der Waals surface area contributed by atoms with Crippen molar-refractivity contribution in [3.63, 3.8) is 0 Å². The number of nitrogens with zero attached hydrogens (tertiary/aromatic N) is 1. The fourth-order valence-electron chi connectivity index (χ4n) is 4.09. The number of amides is 1. The predicted molar refractivity (Wildman–Crippen MR) is 114 cm³/mol. The van der Waals surface area contributed by atoms with Crippen molar-refractivity contribution in [3.05, 3.63) is 59.4 Å². The van der Waals surface area contributed by atoms with Crippen LogP contribution in [0.5, 0.6) is 11.5 Å². The van der Waals surface area contributed by atoms with Crippen molar-refractivity contribution in [1.82, 2.24) is 10.2 Å². The van der Waals surface area contributed by atoms with Gasteiger partial charge in [0.25, 0.3) is 0 Å². The molecule has 31 heavy (non-hydrogen) atoms. The number of carbonyl (C=O) groups excluding carboxylic acids is 2. The minimum Gasteiger partial charge on any atom is -0.486 e. The third-order valence-corrected chi connectivity index (χ3v) is 6.03. The second-order valence-corrected chi connectivity index (χ2v) is 8.05. The number of halogens is 1. The highest BCUT2D eigenvalue weighted by Crippen LogP contribution is 2.32. The molecular weight excluding hydrogens is 399 g/mol. The van der Waals surface area contributed by atoms with Crippen LogP contribution in [0.25, 0.3) is 0 Å². The summed E-state index contributed by atoms with van der Waals surface area (Å²) in [7, 11) is 0. The van der Waals surface area contributed by atoms with E-state index in [-0.39, 0.29) is 29.5 Å². The Bertz CT molecular complexity index is 939. The molecule has 1 saturated heterocycles. The third-order valence-electron chi connectivity index (χ3n) is 6.03. The SMILES string of the molecule is C[C@@H](C(=O)NCc1ccc(F)cc1)N1CCC(C(=O)c2ccc3c(c2)OCCO3)CC1. The quantitative estimate of drug-likeness (QED) is 0.719. The van der Waals surface area contributed by atoms with Gasteiger partial charge in [-0.05, 0) is 68.8 Å². The van der Waals surface area contributed by atoms with Crippen LogP contribution < -0.4 is 14.8 Å². The molecule has 1 N–H and O–H groups in total. The first kappa shape index (κ1) is 21.3. The van der Waals surface area contributed by atoms with Crippen LogP contribution in [0.1, 0.15) is 35.7 Å². The molecule has 1 amide bonds. The van der Waals surface area contributed by atoms with Gasteiger partial charge in [0.2, 0.25) is 5.91 Å². The molecule has 4 rings (SSSR count). The molecule has 0 spiro atoms. The number of nitrogens with one attached hydrogen (secondary N) is 1. The monoisotopic (exact) mass is 426 g/mol. The van der Waals surface area contributed by atoms with Gasteiger partial charge >= 0.3 is 0 Å². The van der Waals surface area contributed by atoms with Gasteiger partial charge in [-0.2, -0.15) is 0 Å². The van der Waals surface area contributed by atoms with E-state index in [9.17, 15) is 14.0 Å². The van der Waals surface area contributed by atoms with Crippen LogP contribution in [0.15, 0.2) is 42.5 Å². The molecule has 0 saturated carbocycles. The fraction of sp³-hybridized carbons (Fsp3) is 0.417. The molecule has 0 radical (unpaired) electrons. The minimum atomic E-state index is -0.294. The van der Waals surface area contributed by atoms with Crippen LogP contribution in [0, 0.1) is 11.7 Å². The summed E-state index contributed by atoms with van der Waals surface area (Å²) in [5.74, 6) is 0.996. The van der Waals surface area contributed by atoms with E-state index in [1.165, 1.54) is 12.1 Å². The molecule has 6 nitrogen and oxygen atoms in total. The summed E-state index contributed by atoms with van der Waals surface area (Å²) in [6.07, 6.45) is 1.42. The van der Waals surface area contributed by atoms with Crippen molar-refractivity contribution in [2.75, 3.05) is 26.3 Å². The number of carbonyl (C=O) groups is 2. The minimum absolute atomic E-state index is 0.0618. The maximum Gasteiger partial charge on any atom is 0.237 e. The van der Waals surface area contributed by atoms with Gasteiger partial charge in [0.1, 0.15) is 19.0 Å². The molecule has 2 aromatic rings. The van der Waals surface area contributed by atoms with E-state index in [2.05, 4.69) is 10.2 Å². The van der Waals surface area contributed by atoms with Gasteiger partial charge in [0, 0.05) is 18.0 Å². The summed E-state index contributed by atoms with van der Waals surface area (Å²) < 4.78 is 24.1. The third kappa shape index (κ3) is 5.05. The number of fused-ring (bicyclic) bond motifs is 1. The predicted octanol–water partition coefficient (Wildman–Crippen LogP) is 3.20. The highest BCUT2D eigenvalue weighted by atomic mass is 19.1. The molecule has 1 fully saturated rings. The number of rotatable bonds is 6. The highest BCUT2D eigenvalue weighted by Gasteiger charge is 2.30. The maximum absolute atomic E-state index is 13.0.